The highest BCUT2D eigenvalue weighted by Gasteiger charge is 2.30. The number of ether oxygens (including phenoxy) is 1. The number of nitrogens with zero attached hydrogens (tertiary/aromatic N) is 1. The SMILES string of the molecule is COc1cccc(CN(C(=O)CSc2ccccc2)[C@H](Cc2ccccc2)C(=O)NC(C)C)c1. The van der Waals surface area contributed by atoms with Gasteiger partial charge >= 0.3 is 0 Å². The second kappa shape index (κ2) is 12.8. The van der Waals surface area contributed by atoms with E-state index in [1.54, 1.807) is 12.0 Å². The maximum atomic E-state index is 13.6. The van der Waals surface area contributed by atoms with E-state index in [4.69, 9.17) is 4.74 Å². The normalized spacial score (nSPS) is 11.6. The van der Waals surface area contributed by atoms with Gasteiger partial charge in [-0.1, -0.05) is 60.7 Å². The summed E-state index contributed by atoms with van der Waals surface area (Å²) in [4.78, 5) is 29.7. The van der Waals surface area contributed by atoms with Gasteiger partial charge in [0.05, 0.1) is 12.9 Å². The van der Waals surface area contributed by atoms with Gasteiger partial charge in [0, 0.05) is 23.9 Å². The minimum absolute atomic E-state index is 0.0294. The molecular weight excluding hydrogens is 444 g/mol. The molecule has 3 rings (SSSR count). The van der Waals surface area contributed by atoms with Crippen molar-refractivity contribution in [1.29, 1.82) is 0 Å². The van der Waals surface area contributed by atoms with Gasteiger partial charge < -0.3 is 15.0 Å². The molecule has 0 aliphatic carbocycles. The molecule has 0 saturated carbocycles. The van der Waals surface area contributed by atoms with Crippen LogP contribution in [0.1, 0.15) is 25.0 Å². The lowest BCUT2D eigenvalue weighted by molar-refractivity contribution is -0.139. The van der Waals surface area contributed by atoms with Crippen LogP contribution in [0, 0.1) is 0 Å². The van der Waals surface area contributed by atoms with Crippen LogP contribution in [0.15, 0.2) is 89.8 Å². The molecule has 0 saturated heterocycles. The zero-order valence-electron chi connectivity index (χ0n) is 19.9. The molecule has 0 aliphatic heterocycles. The molecule has 3 aromatic carbocycles. The first kappa shape index (κ1) is 25.4. The van der Waals surface area contributed by atoms with E-state index < -0.39 is 6.04 Å². The number of methoxy groups -OCH3 is 1. The van der Waals surface area contributed by atoms with E-state index >= 15 is 0 Å². The molecule has 3 aromatic rings. The molecule has 0 aliphatic rings. The lowest BCUT2D eigenvalue weighted by atomic mass is 10.0. The van der Waals surface area contributed by atoms with Crippen molar-refractivity contribution >= 4 is 23.6 Å². The average molecular weight is 477 g/mol. The van der Waals surface area contributed by atoms with Crippen LogP contribution in [0.2, 0.25) is 0 Å². The van der Waals surface area contributed by atoms with E-state index in [1.165, 1.54) is 11.8 Å². The van der Waals surface area contributed by atoms with Gasteiger partial charge in [0.15, 0.2) is 0 Å². The van der Waals surface area contributed by atoms with Gasteiger partial charge in [-0.2, -0.15) is 0 Å². The summed E-state index contributed by atoms with van der Waals surface area (Å²) in [7, 11) is 1.62. The Morgan fingerprint density at radius 2 is 1.56 bits per heavy atom. The van der Waals surface area contributed by atoms with E-state index in [9.17, 15) is 9.59 Å². The van der Waals surface area contributed by atoms with Crippen molar-refractivity contribution in [3.63, 3.8) is 0 Å². The van der Waals surface area contributed by atoms with Gasteiger partial charge in [-0.15, -0.1) is 11.8 Å². The molecule has 0 spiro atoms. The molecule has 2 amide bonds. The summed E-state index contributed by atoms with van der Waals surface area (Å²) in [5.41, 5.74) is 1.92. The summed E-state index contributed by atoms with van der Waals surface area (Å²) >= 11 is 1.48. The number of nitrogens with one attached hydrogen (secondary N) is 1. The summed E-state index contributed by atoms with van der Waals surface area (Å²) in [5, 5.41) is 3.02. The van der Waals surface area contributed by atoms with E-state index in [2.05, 4.69) is 5.32 Å². The molecule has 0 unspecified atom stereocenters. The summed E-state index contributed by atoms with van der Waals surface area (Å²) in [5.74, 6) is 0.722. The summed E-state index contributed by atoms with van der Waals surface area (Å²) < 4.78 is 5.37. The average Bonchev–Trinajstić information content (AvgIpc) is 2.85. The number of carbonyl (C=O) groups is 2. The Labute approximate surface area is 206 Å². The lowest BCUT2D eigenvalue weighted by Gasteiger charge is -2.32. The Hall–Kier alpha value is -3.25. The Bertz CT molecular complexity index is 1060. The van der Waals surface area contributed by atoms with Gasteiger partial charge in [-0.05, 0) is 49.2 Å². The lowest BCUT2D eigenvalue weighted by Crippen LogP contribution is -2.52. The third-order valence-corrected chi connectivity index (χ3v) is 6.29. The Balaban J connectivity index is 1.91. The standard InChI is InChI=1S/C28H32N2O3S/c1-21(2)29-28(32)26(18-22-11-6-4-7-12-22)30(19-23-13-10-14-24(17-23)33-3)27(31)20-34-25-15-8-5-9-16-25/h4-17,21,26H,18-20H2,1-3H3,(H,29,32)/t26-/m1/s1. The quantitative estimate of drug-likeness (QED) is 0.398. The zero-order valence-corrected chi connectivity index (χ0v) is 20.8. The number of rotatable bonds is 11. The highest BCUT2D eigenvalue weighted by molar-refractivity contribution is 8.00. The van der Waals surface area contributed by atoms with Crippen molar-refractivity contribution in [3.8, 4) is 5.75 Å². The number of thioether (sulfide) groups is 1. The molecule has 0 radical (unpaired) electrons. The van der Waals surface area contributed by atoms with Gasteiger partial charge in [-0.3, -0.25) is 9.59 Å². The zero-order chi connectivity index (χ0) is 24.3. The van der Waals surface area contributed by atoms with E-state index in [0.717, 1.165) is 21.8 Å². The summed E-state index contributed by atoms with van der Waals surface area (Å²) in [6, 6.07) is 26.6. The fourth-order valence-electron chi connectivity index (χ4n) is 3.65. The first-order valence-corrected chi connectivity index (χ1v) is 12.4. The van der Waals surface area contributed by atoms with E-state index in [1.807, 2.05) is 98.8 Å². The van der Waals surface area contributed by atoms with Gasteiger partial charge in [0.25, 0.3) is 0 Å². The molecule has 34 heavy (non-hydrogen) atoms. The third kappa shape index (κ3) is 7.66. The summed E-state index contributed by atoms with van der Waals surface area (Å²) in [6.07, 6.45) is 0.436. The molecule has 5 nitrogen and oxygen atoms in total. The molecule has 178 valence electrons. The molecule has 0 aromatic heterocycles. The second-order valence-corrected chi connectivity index (χ2v) is 9.39. The minimum Gasteiger partial charge on any atom is -0.497 e. The molecule has 6 heteroatoms. The monoisotopic (exact) mass is 476 g/mol. The molecule has 0 fully saturated rings. The van der Waals surface area contributed by atoms with Crippen LogP contribution in [0.5, 0.6) is 5.75 Å². The highest BCUT2D eigenvalue weighted by Crippen LogP contribution is 2.22. The Morgan fingerprint density at radius 3 is 2.21 bits per heavy atom. The van der Waals surface area contributed by atoms with Gasteiger partial charge in [0.2, 0.25) is 11.8 Å². The van der Waals surface area contributed by atoms with Crippen LogP contribution in [-0.4, -0.2) is 41.7 Å². The van der Waals surface area contributed by atoms with Crippen molar-refractivity contribution < 1.29 is 14.3 Å². The molecular formula is C28H32N2O3S. The van der Waals surface area contributed by atoms with Crippen LogP contribution in [-0.2, 0) is 22.6 Å². The predicted octanol–water partition coefficient (Wildman–Crippen LogP) is 4.95. The van der Waals surface area contributed by atoms with Crippen molar-refractivity contribution in [2.75, 3.05) is 12.9 Å². The summed E-state index contributed by atoms with van der Waals surface area (Å²) in [6.45, 7) is 4.17. The van der Waals surface area contributed by atoms with Crippen LogP contribution >= 0.6 is 11.8 Å². The smallest absolute Gasteiger partial charge is 0.243 e. The Kier molecular flexibility index (Phi) is 9.59. The number of hydrogen-bond acceptors (Lipinski definition) is 4. The van der Waals surface area contributed by atoms with Crippen LogP contribution in [0.3, 0.4) is 0 Å². The second-order valence-electron chi connectivity index (χ2n) is 8.34. The van der Waals surface area contributed by atoms with Crippen LogP contribution in [0.4, 0.5) is 0 Å². The van der Waals surface area contributed by atoms with Crippen molar-refractivity contribution in [3.05, 3.63) is 96.1 Å². The van der Waals surface area contributed by atoms with E-state index in [0.29, 0.717) is 13.0 Å². The maximum absolute atomic E-state index is 13.6. The Morgan fingerprint density at radius 1 is 0.912 bits per heavy atom. The fourth-order valence-corrected chi connectivity index (χ4v) is 4.45. The number of benzene rings is 3. The first-order chi connectivity index (χ1) is 16.5. The number of amides is 2. The van der Waals surface area contributed by atoms with Gasteiger partial charge in [0.1, 0.15) is 11.8 Å². The van der Waals surface area contributed by atoms with E-state index in [-0.39, 0.29) is 23.6 Å². The molecule has 1 atom stereocenters. The fraction of sp³-hybridized carbons (Fsp3) is 0.286. The first-order valence-electron chi connectivity index (χ1n) is 11.4. The van der Waals surface area contributed by atoms with Gasteiger partial charge in [-0.25, -0.2) is 0 Å². The molecule has 1 N–H and O–H groups in total. The molecule has 0 bridgehead atoms. The minimum atomic E-state index is -0.639. The van der Waals surface area contributed by atoms with Crippen LogP contribution in [0.25, 0.3) is 0 Å². The number of carbonyl (C=O) groups excluding carboxylic acids is 2. The number of hydrogen-bond donors (Lipinski definition) is 1. The highest BCUT2D eigenvalue weighted by atomic mass is 32.2. The maximum Gasteiger partial charge on any atom is 0.243 e. The predicted molar refractivity (Wildman–Crippen MR) is 138 cm³/mol. The topological polar surface area (TPSA) is 58.6 Å². The van der Waals surface area contributed by atoms with Crippen LogP contribution < -0.4 is 10.1 Å². The third-order valence-electron chi connectivity index (χ3n) is 5.29. The van der Waals surface area contributed by atoms with Crippen molar-refractivity contribution in [1.82, 2.24) is 10.2 Å². The van der Waals surface area contributed by atoms with Crippen molar-refractivity contribution in [2.45, 2.75) is 43.8 Å². The van der Waals surface area contributed by atoms with Crippen molar-refractivity contribution in [2.24, 2.45) is 0 Å². The largest absolute Gasteiger partial charge is 0.497 e. The molecule has 0 heterocycles.